The third-order valence-electron chi connectivity index (χ3n) is 10.6. The molecule has 8 aromatic carbocycles. The fourth-order valence-electron chi connectivity index (χ4n) is 7.26. The summed E-state index contributed by atoms with van der Waals surface area (Å²) in [6.07, 6.45) is 3.46. The fourth-order valence-corrected chi connectivity index (χ4v) is 7.26. The van der Waals surface area contributed by atoms with Gasteiger partial charge in [0.1, 0.15) is 0 Å². The first kappa shape index (κ1) is 41.3. The predicted octanol–water partition coefficient (Wildman–Crippen LogP) is 16.4. The summed E-state index contributed by atoms with van der Waals surface area (Å²) in [7, 11) is 0. The van der Waals surface area contributed by atoms with E-state index in [2.05, 4.69) is 48.6 Å². The van der Waals surface area contributed by atoms with Crippen molar-refractivity contribution >= 4 is 58.4 Å². The molecular formula is C56H38F6. The van der Waals surface area contributed by atoms with Crippen LogP contribution in [-0.4, -0.2) is 0 Å². The zero-order valence-electron chi connectivity index (χ0n) is 33.2. The average Bonchev–Trinajstić information content (AvgIpc) is 3.29. The molecule has 0 bridgehead atoms. The van der Waals surface area contributed by atoms with Gasteiger partial charge in [0.2, 0.25) is 0 Å². The Balaban J connectivity index is 1.04. The number of fused-ring (bicyclic) bond motifs is 1. The Bertz CT molecular complexity index is 2690. The second-order valence-corrected chi connectivity index (χ2v) is 14.8. The minimum atomic E-state index is -4.41. The van der Waals surface area contributed by atoms with Crippen molar-refractivity contribution in [2.24, 2.45) is 0 Å². The first-order valence-corrected chi connectivity index (χ1v) is 19.9. The van der Waals surface area contributed by atoms with Crippen molar-refractivity contribution in [2.75, 3.05) is 0 Å². The van der Waals surface area contributed by atoms with E-state index >= 15 is 0 Å². The second kappa shape index (κ2) is 18.0. The smallest absolute Gasteiger partial charge is 0.166 e. The van der Waals surface area contributed by atoms with Gasteiger partial charge in [-0.3, -0.25) is 0 Å². The highest BCUT2D eigenvalue weighted by molar-refractivity contribution is 5.94. The van der Waals surface area contributed by atoms with E-state index in [0.29, 0.717) is 11.1 Å². The van der Waals surface area contributed by atoms with Crippen LogP contribution in [0.4, 0.5) is 26.3 Å². The minimum Gasteiger partial charge on any atom is -0.166 e. The lowest BCUT2D eigenvalue weighted by Crippen LogP contribution is -2.04. The van der Waals surface area contributed by atoms with E-state index in [1.807, 2.05) is 133 Å². The van der Waals surface area contributed by atoms with Crippen molar-refractivity contribution in [3.8, 4) is 0 Å². The SMILES string of the molecule is FC(F)(F)c1ccc(/C(=C/c2ccc(/C=C/c3cc4ccccc4cc3/C=C/c3ccc(/C=C(\c4ccccc4)c4ccc(C(F)(F)F)cc4)cc3)cc2)c2ccccc2)cc1. The predicted molar refractivity (Wildman–Crippen MR) is 244 cm³/mol. The number of hydrogen-bond acceptors (Lipinski definition) is 0. The Labute approximate surface area is 356 Å². The summed E-state index contributed by atoms with van der Waals surface area (Å²) in [5.74, 6) is 0. The molecule has 0 spiro atoms. The maximum absolute atomic E-state index is 13.3. The van der Waals surface area contributed by atoms with Crippen LogP contribution in [0.25, 0.3) is 58.4 Å². The Kier molecular flexibility index (Phi) is 12.0. The van der Waals surface area contributed by atoms with Crippen molar-refractivity contribution in [3.63, 3.8) is 0 Å². The average molecular weight is 825 g/mol. The van der Waals surface area contributed by atoms with Gasteiger partial charge in [-0.1, -0.05) is 182 Å². The molecule has 0 atom stereocenters. The first-order valence-electron chi connectivity index (χ1n) is 19.9. The summed E-state index contributed by atoms with van der Waals surface area (Å²) < 4.78 is 79.9. The monoisotopic (exact) mass is 824 g/mol. The van der Waals surface area contributed by atoms with Crippen LogP contribution in [0.1, 0.15) is 66.8 Å². The van der Waals surface area contributed by atoms with E-state index < -0.39 is 23.5 Å². The van der Waals surface area contributed by atoms with E-state index in [1.165, 1.54) is 24.3 Å². The van der Waals surface area contributed by atoms with Gasteiger partial charge in [-0.05, 0) is 126 Å². The molecule has 0 aromatic heterocycles. The van der Waals surface area contributed by atoms with Gasteiger partial charge >= 0.3 is 12.4 Å². The summed E-state index contributed by atoms with van der Waals surface area (Å²) in [6, 6.07) is 58.3. The number of hydrogen-bond donors (Lipinski definition) is 0. The summed E-state index contributed by atoms with van der Waals surface area (Å²) in [6.45, 7) is 0. The van der Waals surface area contributed by atoms with Crippen LogP contribution in [0.2, 0.25) is 0 Å². The van der Waals surface area contributed by atoms with Crippen LogP contribution in [-0.2, 0) is 12.4 Å². The van der Waals surface area contributed by atoms with Crippen LogP contribution in [0.5, 0.6) is 0 Å². The molecule has 0 aliphatic carbocycles. The van der Waals surface area contributed by atoms with E-state index in [9.17, 15) is 26.3 Å². The standard InChI is InChI=1S/C56H38F6/c57-55(58,59)51-31-27-45(28-32-51)53(43-9-3-1-4-10-43)35-41-19-15-39(16-20-41)23-25-49-37-47-13-7-8-14-48(47)38-50(49)26-24-40-17-21-42(22-18-40)36-54(44-11-5-2-6-12-44)46-29-33-52(34-30-46)56(60,61)62/h1-38H/b25-23+,26-24+,53-35+,54-36+. The Hall–Kier alpha value is -7.44. The van der Waals surface area contributed by atoms with E-state index in [1.54, 1.807) is 0 Å². The highest BCUT2D eigenvalue weighted by Gasteiger charge is 2.31. The number of rotatable bonds is 10. The molecule has 62 heavy (non-hydrogen) atoms. The summed E-state index contributed by atoms with van der Waals surface area (Å²) >= 11 is 0. The van der Waals surface area contributed by atoms with Crippen molar-refractivity contribution in [3.05, 3.63) is 261 Å². The molecule has 304 valence electrons. The maximum atomic E-state index is 13.3. The van der Waals surface area contributed by atoms with Gasteiger partial charge < -0.3 is 0 Å². The molecule has 0 radical (unpaired) electrons. The molecule has 0 N–H and O–H groups in total. The van der Waals surface area contributed by atoms with Gasteiger partial charge in [-0.25, -0.2) is 0 Å². The van der Waals surface area contributed by atoms with E-state index in [4.69, 9.17) is 0 Å². The van der Waals surface area contributed by atoms with E-state index in [-0.39, 0.29) is 0 Å². The van der Waals surface area contributed by atoms with Crippen LogP contribution in [0, 0.1) is 0 Å². The van der Waals surface area contributed by atoms with Crippen LogP contribution in [0.15, 0.2) is 194 Å². The van der Waals surface area contributed by atoms with Crippen LogP contribution >= 0.6 is 0 Å². The lowest BCUT2D eigenvalue weighted by Gasteiger charge is -2.12. The molecule has 8 rings (SSSR count). The second-order valence-electron chi connectivity index (χ2n) is 14.8. The highest BCUT2D eigenvalue weighted by atomic mass is 19.4. The van der Waals surface area contributed by atoms with Crippen LogP contribution in [0.3, 0.4) is 0 Å². The van der Waals surface area contributed by atoms with Crippen molar-refractivity contribution in [1.29, 1.82) is 0 Å². The molecular weight excluding hydrogens is 787 g/mol. The lowest BCUT2D eigenvalue weighted by molar-refractivity contribution is -0.138. The van der Waals surface area contributed by atoms with Gasteiger partial charge in [0.15, 0.2) is 0 Å². The quantitative estimate of drug-likeness (QED) is 0.0952. The van der Waals surface area contributed by atoms with Gasteiger partial charge in [0.05, 0.1) is 11.1 Å². The molecule has 6 heteroatoms. The third kappa shape index (κ3) is 10.1. The Morgan fingerprint density at radius 3 is 0.952 bits per heavy atom. The molecule has 0 saturated heterocycles. The molecule has 0 fully saturated rings. The fraction of sp³-hybridized carbons (Fsp3) is 0.0357. The number of benzene rings is 8. The molecule has 0 saturated carbocycles. The topological polar surface area (TPSA) is 0 Å². The van der Waals surface area contributed by atoms with Crippen molar-refractivity contribution in [1.82, 2.24) is 0 Å². The van der Waals surface area contributed by atoms with Gasteiger partial charge in [-0.15, -0.1) is 0 Å². The van der Waals surface area contributed by atoms with Crippen LogP contribution < -0.4 is 0 Å². The summed E-state index contributed by atoms with van der Waals surface area (Å²) in [5.41, 5.74) is 9.27. The zero-order chi connectivity index (χ0) is 43.1. The molecule has 0 amide bonds. The highest BCUT2D eigenvalue weighted by Crippen LogP contribution is 2.34. The summed E-state index contributed by atoms with van der Waals surface area (Å²) in [4.78, 5) is 0. The molecule has 0 unspecified atom stereocenters. The maximum Gasteiger partial charge on any atom is 0.416 e. The summed E-state index contributed by atoms with van der Waals surface area (Å²) in [5, 5.41) is 2.22. The van der Waals surface area contributed by atoms with E-state index in [0.717, 1.165) is 90.7 Å². The van der Waals surface area contributed by atoms with Gasteiger partial charge in [0, 0.05) is 0 Å². The molecule has 0 nitrogen and oxygen atoms in total. The van der Waals surface area contributed by atoms with Crippen molar-refractivity contribution in [2.45, 2.75) is 12.4 Å². The molecule has 0 heterocycles. The van der Waals surface area contributed by atoms with Gasteiger partial charge in [0.25, 0.3) is 0 Å². The molecule has 8 aromatic rings. The normalized spacial score (nSPS) is 12.7. The molecule has 0 aliphatic heterocycles. The zero-order valence-corrected chi connectivity index (χ0v) is 33.2. The third-order valence-corrected chi connectivity index (χ3v) is 10.6. The Morgan fingerprint density at radius 1 is 0.306 bits per heavy atom. The minimum absolute atomic E-state index is 0.686. The van der Waals surface area contributed by atoms with Gasteiger partial charge in [-0.2, -0.15) is 26.3 Å². The van der Waals surface area contributed by atoms with Crippen molar-refractivity contribution < 1.29 is 26.3 Å². The number of halogens is 6. The molecule has 0 aliphatic rings. The first-order chi connectivity index (χ1) is 30.0. The largest absolute Gasteiger partial charge is 0.416 e. The Morgan fingerprint density at radius 2 is 0.613 bits per heavy atom. The number of alkyl halides is 6. The lowest BCUT2D eigenvalue weighted by atomic mass is 9.94.